The highest BCUT2D eigenvalue weighted by atomic mass is 16.6. The van der Waals surface area contributed by atoms with E-state index in [1.165, 1.54) is 0 Å². The Morgan fingerprint density at radius 3 is 2.83 bits per heavy atom. The predicted octanol–water partition coefficient (Wildman–Crippen LogP) is 3.98. The molecule has 1 aliphatic heterocycles. The molecule has 1 amide bonds. The van der Waals surface area contributed by atoms with E-state index in [2.05, 4.69) is 27.1 Å². The Kier molecular flexibility index (Phi) is 6.35. The summed E-state index contributed by atoms with van der Waals surface area (Å²) in [6, 6.07) is 6.01. The number of nitrogens with zero attached hydrogens (tertiary/aromatic N) is 4. The van der Waals surface area contributed by atoms with Gasteiger partial charge in [-0.15, -0.1) is 0 Å². The third-order valence-electron chi connectivity index (χ3n) is 5.02. The number of alkyl carbamates (subject to hydrolysis) is 1. The SMILES string of the molecule is Cc1cc(N2CCCC(C)C2CNC(=O)OC(C)(C)C)nc(-c2cccnc2)n1. The second-order valence-electron chi connectivity index (χ2n) is 8.70. The Hall–Kier alpha value is -2.70. The van der Waals surface area contributed by atoms with Crippen LogP contribution in [0.25, 0.3) is 11.4 Å². The van der Waals surface area contributed by atoms with Gasteiger partial charge in [0.2, 0.25) is 0 Å². The summed E-state index contributed by atoms with van der Waals surface area (Å²) < 4.78 is 5.40. The number of nitrogens with one attached hydrogen (secondary N) is 1. The smallest absolute Gasteiger partial charge is 0.407 e. The molecule has 2 aromatic rings. The van der Waals surface area contributed by atoms with E-state index in [0.717, 1.165) is 36.5 Å². The second kappa shape index (κ2) is 8.76. The third kappa shape index (κ3) is 5.65. The van der Waals surface area contributed by atoms with E-state index >= 15 is 0 Å². The molecular weight excluding hydrogens is 366 g/mol. The molecule has 1 fully saturated rings. The molecule has 0 aromatic carbocycles. The fourth-order valence-corrected chi connectivity index (χ4v) is 3.67. The lowest BCUT2D eigenvalue weighted by Crippen LogP contribution is -2.51. The van der Waals surface area contributed by atoms with E-state index in [-0.39, 0.29) is 12.1 Å². The fraction of sp³-hybridized carbons (Fsp3) is 0.545. The standard InChI is InChI=1S/C22H31N5O2/c1-15-8-7-11-27(18(15)14-24-21(28)29-22(3,4)5)19-12-16(2)25-20(26-19)17-9-6-10-23-13-17/h6,9-10,12-13,15,18H,7-8,11,14H2,1-5H3,(H,24,28). The first-order valence-corrected chi connectivity index (χ1v) is 10.2. The van der Waals surface area contributed by atoms with Gasteiger partial charge in [-0.2, -0.15) is 0 Å². The molecule has 0 radical (unpaired) electrons. The van der Waals surface area contributed by atoms with Crippen LogP contribution in [0.2, 0.25) is 0 Å². The molecule has 0 spiro atoms. The van der Waals surface area contributed by atoms with Crippen molar-refractivity contribution in [1.29, 1.82) is 0 Å². The first-order chi connectivity index (χ1) is 13.7. The van der Waals surface area contributed by atoms with Crippen molar-refractivity contribution in [2.24, 2.45) is 5.92 Å². The molecule has 2 aromatic heterocycles. The van der Waals surface area contributed by atoms with Crippen LogP contribution in [0, 0.1) is 12.8 Å². The van der Waals surface area contributed by atoms with Gasteiger partial charge in [0.15, 0.2) is 5.82 Å². The van der Waals surface area contributed by atoms with Gasteiger partial charge < -0.3 is 15.0 Å². The Bertz CT molecular complexity index is 835. The van der Waals surface area contributed by atoms with Crippen molar-refractivity contribution in [1.82, 2.24) is 20.3 Å². The molecule has 29 heavy (non-hydrogen) atoms. The molecule has 0 saturated carbocycles. The molecule has 0 aliphatic carbocycles. The average Bonchev–Trinajstić information content (AvgIpc) is 2.65. The van der Waals surface area contributed by atoms with Gasteiger partial charge in [-0.25, -0.2) is 14.8 Å². The molecule has 3 rings (SSSR count). The van der Waals surface area contributed by atoms with Crippen molar-refractivity contribution in [2.75, 3.05) is 18.0 Å². The monoisotopic (exact) mass is 397 g/mol. The Labute approximate surface area is 172 Å². The van der Waals surface area contributed by atoms with Crippen molar-refractivity contribution in [3.63, 3.8) is 0 Å². The van der Waals surface area contributed by atoms with Gasteiger partial charge in [0, 0.05) is 42.8 Å². The normalized spacial score (nSPS) is 19.7. The Balaban J connectivity index is 1.81. The van der Waals surface area contributed by atoms with Crippen LogP contribution in [0.1, 0.15) is 46.2 Å². The van der Waals surface area contributed by atoms with Crippen molar-refractivity contribution in [3.8, 4) is 11.4 Å². The number of hydrogen-bond donors (Lipinski definition) is 1. The van der Waals surface area contributed by atoms with Crippen molar-refractivity contribution in [3.05, 3.63) is 36.3 Å². The van der Waals surface area contributed by atoms with Crippen LogP contribution < -0.4 is 10.2 Å². The number of carbonyl (C=O) groups excluding carboxylic acids is 1. The fourth-order valence-electron chi connectivity index (χ4n) is 3.67. The van der Waals surface area contributed by atoms with E-state index in [4.69, 9.17) is 9.72 Å². The molecule has 3 heterocycles. The summed E-state index contributed by atoms with van der Waals surface area (Å²) in [7, 11) is 0. The van der Waals surface area contributed by atoms with Crippen LogP contribution >= 0.6 is 0 Å². The molecule has 156 valence electrons. The highest BCUT2D eigenvalue weighted by Crippen LogP contribution is 2.29. The number of amides is 1. The average molecular weight is 398 g/mol. The van der Waals surface area contributed by atoms with Crippen LogP contribution in [0.15, 0.2) is 30.6 Å². The van der Waals surface area contributed by atoms with Crippen LogP contribution in [0.3, 0.4) is 0 Å². The number of aryl methyl sites for hydroxylation is 1. The molecule has 7 heteroatoms. The first kappa shape index (κ1) is 21.0. The van der Waals surface area contributed by atoms with Gasteiger partial charge in [0.25, 0.3) is 0 Å². The number of piperidine rings is 1. The lowest BCUT2D eigenvalue weighted by atomic mass is 9.90. The minimum absolute atomic E-state index is 0.146. The third-order valence-corrected chi connectivity index (χ3v) is 5.02. The number of ether oxygens (including phenoxy) is 1. The van der Waals surface area contributed by atoms with Gasteiger partial charge in [0.05, 0.1) is 6.04 Å². The largest absolute Gasteiger partial charge is 0.444 e. The van der Waals surface area contributed by atoms with Crippen molar-refractivity contribution < 1.29 is 9.53 Å². The number of aromatic nitrogens is 3. The van der Waals surface area contributed by atoms with Crippen molar-refractivity contribution >= 4 is 11.9 Å². The minimum Gasteiger partial charge on any atom is -0.444 e. The summed E-state index contributed by atoms with van der Waals surface area (Å²) in [6.45, 7) is 11.2. The molecule has 0 bridgehead atoms. The van der Waals surface area contributed by atoms with Crippen molar-refractivity contribution in [2.45, 2.75) is 59.1 Å². The maximum absolute atomic E-state index is 12.2. The summed E-state index contributed by atoms with van der Waals surface area (Å²) in [6.07, 6.45) is 5.35. The summed E-state index contributed by atoms with van der Waals surface area (Å²) in [5.41, 5.74) is 1.29. The zero-order valence-electron chi connectivity index (χ0n) is 18.0. The van der Waals surface area contributed by atoms with E-state index in [1.54, 1.807) is 12.4 Å². The number of anilines is 1. The highest BCUT2D eigenvalue weighted by molar-refractivity contribution is 5.67. The maximum Gasteiger partial charge on any atom is 0.407 e. The summed E-state index contributed by atoms with van der Waals surface area (Å²) in [4.78, 5) is 28.1. The van der Waals surface area contributed by atoms with Gasteiger partial charge in [-0.1, -0.05) is 6.92 Å². The molecular formula is C22H31N5O2. The van der Waals surface area contributed by atoms with E-state index in [0.29, 0.717) is 18.3 Å². The maximum atomic E-state index is 12.2. The number of hydrogen-bond acceptors (Lipinski definition) is 6. The minimum atomic E-state index is -0.510. The van der Waals surface area contributed by atoms with E-state index in [1.807, 2.05) is 45.9 Å². The predicted molar refractivity (Wildman–Crippen MR) is 114 cm³/mol. The quantitative estimate of drug-likeness (QED) is 0.841. The van der Waals surface area contributed by atoms with Crippen LogP contribution in [0.5, 0.6) is 0 Å². The molecule has 1 aliphatic rings. The van der Waals surface area contributed by atoms with Gasteiger partial charge in [-0.05, 0) is 58.6 Å². The zero-order valence-corrected chi connectivity index (χ0v) is 18.0. The first-order valence-electron chi connectivity index (χ1n) is 10.2. The lowest BCUT2D eigenvalue weighted by molar-refractivity contribution is 0.0519. The zero-order chi connectivity index (χ0) is 21.0. The Morgan fingerprint density at radius 2 is 2.14 bits per heavy atom. The summed E-state index contributed by atoms with van der Waals surface area (Å²) in [5, 5.41) is 2.94. The summed E-state index contributed by atoms with van der Waals surface area (Å²) >= 11 is 0. The second-order valence-corrected chi connectivity index (χ2v) is 8.70. The van der Waals surface area contributed by atoms with E-state index in [9.17, 15) is 4.79 Å². The summed E-state index contributed by atoms with van der Waals surface area (Å²) in [5.74, 6) is 1.99. The van der Waals surface area contributed by atoms with Crippen LogP contribution in [-0.2, 0) is 4.74 Å². The highest BCUT2D eigenvalue weighted by Gasteiger charge is 2.31. The number of pyridine rings is 1. The molecule has 1 saturated heterocycles. The van der Waals surface area contributed by atoms with E-state index < -0.39 is 5.60 Å². The molecule has 2 atom stereocenters. The van der Waals surface area contributed by atoms with Crippen LogP contribution in [0.4, 0.5) is 10.6 Å². The molecule has 7 nitrogen and oxygen atoms in total. The lowest BCUT2D eigenvalue weighted by Gasteiger charge is -2.41. The molecule has 1 N–H and O–H groups in total. The molecule has 2 unspecified atom stereocenters. The van der Waals surface area contributed by atoms with Gasteiger partial charge in [-0.3, -0.25) is 4.98 Å². The van der Waals surface area contributed by atoms with Crippen LogP contribution in [-0.4, -0.2) is 45.8 Å². The van der Waals surface area contributed by atoms with Gasteiger partial charge in [0.1, 0.15) is 11.4 Å². The topological polar surface area (TPSA) is 80.2 Å². The van der Waals surface area contributed by atoms with Gasteiger partial charge >= 0.3 is 6.09 Å². The number of rotatable bonds is 4. The Morgan fingerprint density at radius 1 is 1.34 bits per heavy atom. The number of carbonyl (C=O) groups is 1.